The SMILES string of the molecule is CCN(CC)S(=O)(=O)c1cc(C(=O)NCCc2cccc(O)c2)ccc1OC. The van der Waals surface area contributed by atoms with Gasteiger partial charge in [0.15, 0.2) is 0 Å². The topological polar surface area (TPSA) is 95.9 Å². The van der Waals surface area contributed by atoms with Crippen molar-refractivity contribution >= 4 is 15.9 Å². The molecule has 2 aromatic carbocycles. The number of carbonyl (C=O) groups excluding carboxylic acids is 1. The molecule has 8 heteroatoms. The second-order valence-electron chi connectivity index (χ2n) is 6.13. The molecule has 0 heterocycles. The van der Waals surface area contributed by atoms with Crippen LogP contribution < -0.4 is 10.1 Å². The van der Waals surface area contributed by atoms with Gasteiger partial charge in [0, 0.05) is 25.2 Å². The first kappa shape index (κ1) is 21.7. The van der Waals surface area contributed by atoms with Crippen LogP contribution in [0.1, 0.15) is 29.8 Å². The van der Waals surface area contributed by atoms with Gasteiger partial charge in [-0.3, -0.25) is 4.79 Å². The number of rotatable bonds is 9. The van der Waals surface area contributed by atoms with Crippen molar-refractivity contribution in [1.82, 2.24) is 9.62 Å². The molecule has 0 aromatic heterocycles. The van der Waals surface area contributed by atoms with E-state index in [0.717, 1.165) is 5.56 Å². The zero-order chi connectivity index (χ0) is 20.7. The molecule has 7 nitrogen and oxygen atoms in total. The summed E-state index contributed by atoms with van der Waals surface area (Å²) in [6, 6.07) is 11.2. The van der Waals surface area contributed by atoms with E-state index in [0.29, 0.717) is 26.1 Å². The fourth-order valence-corrected chi connectivity index (χ4v) is 4.50. The van der Waals surface area contributed by atoms with Crippen molar-refractivity contribution in [2.75, 3.05) is 26.7 Å². The molecule has 2 aromatic rings. The van der Waals surface area contributed by atoms with Crippen LogP contribution in [0.25, 0.3) is 0 Å². The Morgan fingerprint density at radius 1 is 1.14 bits per heavy atom. The number of aromatic hydroxyl groups is 1. The average Bonchev–Trinajstić information content (AvgIpc) is 2.68. The summed E-state index contributed by atoms with van der Waals surface area (Å²) in [7, 11) is -2.37. The Balaban J connectivity index is 2.18. The van der Waals surface area contributed by atoms with E-state index in [2.05, 4.69) is 5.32 Å². The normalized spacial score (nSPS) is 11.4. The summed E-state index contributed by atoms with van der Waals surface area (Å²) in [6.45, 7) is 4.51. The lowest BCUT2D eigenvalue weighted by atomic mass is 10.1. The standard InChI is InChI=1S/C20H26N2O5S/c1-4-22(5-2)28(25,26)19-14-16(9-10-18(19)27-3)20(24)21-12-11-15-7-6-8-17(23)13-15/h6-10,13-14,23H,4-5,11-12H2,1-3H3,(H,21,24). The molecule has 2 N–H and O–H groups in total. The van der Waals surface area contributed by atoms with Gasteiger partial charge in [0.1, 0.15) is 16.4 Å². The average molecular weight is 407 g/mol. The van der Waals surface area contributed by atoms with Gasteiger partial charge in [0.25, 0.3) is 5.91 Å². The first-order valence-electron chi connectivity index (χ1n) is 9.07. The number of carbonyl (C=O) groups is 1. The molecule has 0 saturated heterocycles. The fourth-order valence-electron chi connectivity index (χ4n) is 2.86. The third-order valence-corrected chi connectivity index (χ3v) is 6.43. The van der Waals surface area contributed by atoms with E-state index < -0.39 is 10.0 Å². The Morgan fingerprint density at radius 3 is 2.46 bits per heavy atom. The van der Waals surface area contributed by atoms with Gasteiger partial charge < -0.3 is 15.2 Å². The number of benzene rings is 2. The van der Waals surface area contributed by atoms with E-state index in [1.807, 2.05) is 6.07 Å². The van der Waals surface area contributed by atoms with Crippen LogP contribution in [0.15, 0.2) is 47.4 Å². The number of amides is 1. The quantitative estimate of drug-likeness (QED) is 0.667. The maximum Gasteiger partial charge on any atom is 0.251 e. The van der Waals surface area contributed by atoms with E-state index in [-0.39, 0.29) is 27.9 Å². The number of methoxy groups -OCH3 is 1. The molecular formula is C20H26N2O5S. The summed E-state index contributed by atoms with van der Waals surface area (Å²) in [6.07, 6.45) is 0.543. The van der Waals surface area contributed by atoms with Crippen LogP contribution in [0, 0.1) is 0 Å². The summed E-state index contributed by atoms with van der Waals surface area (Å²) in [5, 5.41) is 12.3. The predicted octanol–water partition coefficient (Wildman–Crippen LogP) is 2.40. The van der Waals surface area contributed by atoms with Crippen LogP contribution in [0.4, 0.5) is 0 Å². The van der Waals surface area contributed by atoms with E-state index >= 15 is 0 Å². The maximum absolute atomic E-state index is 12.9. The minimum absolute atomic E-state index is 0.0284. The Morgan fingerprint density at radius 2 is 1.86 bits per heavy atom. The molecule has 28 heavy (non-hydrogen) atoms. The smallest absolute Gasteiger partial charge is 0.251 e. The molecule has 0 bridgehead atoms. The van der Waals surface area contributed by atoms with Crippen molar-refractivity contribution in [3.8, 4) is 11.5 Å². The van der Waals surface area contributed by atoms with Crippen LogP contribution in [0.2, 0.25) is 0 Å². The summed E-state index contributed by atoms with van der Waals surface area (Å²) in [4.78, 5) is 12.5. The monoisotopic (exact) mass is 406 g/mol. The van der Waals surface area contributed by atoms with Crippen LogP contribution in [0.5, 0.6) is 11.5 Å². The number of hydrogen-bond donors (Lipinski definition) is 2. The van der Waals surface area contributed by atoms with E-state index in [9.17, 15) is 18.3 Å². The second-order valence-corrected chi connectivity index (χ2v) is 8.04. The zero-order valence-electron chi connectivity index (χ0n) is 16.3. The van der Waals surface area contributed by atoms with Crippen LogP contribution in [-0.2, 0) is 16.4 Å². The number of ether oxygens (including phenoxy) is 1. The molecule has 0 saturated carbocycles. The van der Waals surface area contributed by atoms with Gasteiger partial charge in [0.05, 0.1) is 7.11 Å². The molecule has 0 aliphatic rings. The number of nitrogens with zero attached hydrogens (tertiary/aromatic N) is 1. The second kappa shape index (κ2) is 9.57. The van der Waals surface area contributed by atoms with Crippen molar-refractivity contribution in [2.24, 2.45) is 0 Å². The van der Waals surface area contributed by atoms with Gasteiger partial charge in [-0.05, 0) is 42.3 Å². The summed E-state index contributed by atoms with van der Waals surface area (Å²) >= 11 is 0. The minimum atomic E-state index is -3.77. The number of hydrogen-bond acceptors (Lipinski definition) is 5. The number of nitrogens with one attached hydrogen (secondary N) is 1. The Labute approximate surface area is 166 Å². The molecule has 0 unspecified atom stereocenters. The first-order chi connectivity index (χ1) is 13.3. The predicted molar refractivity (Wildman–Crippen MR) is 107 cm³/mol. The molecule has 0 aliphatic carbocycles. The van der Waals surface area contributed by atoms with Crippen molar-refractivity contribution < 1.29 is 23.1 Å². The summed E-state index contributed by atoms with van der Waals surface area (Å²) in [5.74, 6) is -0.00718. The Kier molecular flexibility index (Phi) is 7.42. The molecule has 0 radical (unpaired) electrons. The van der Waals surface area contributed by atoms with Gasteiger partial charge in [-0.1, -0.05) is 26.0 Å². The molecule has 0 fully saturated rings. The highest BCUT2D eigenvalue weighted by Crippen LogP contribution is 2.27. The van der Waals surface area contributed by atoms with Crippen LogP contribution in [-0.4, -0.2) is 50.5 Å². The minimum Gasteiger partial charge on any atom is -0.508 e. The first-order valence-corrected chi connectivity index (χ1v) is 10.5. The van der Waals surface area contributed by atoms with Crippen molar-refractivity contribution in [3.63, 3.8) is 0 Å². The number of phenolic OH excluding ortho intramolecular Hbond substituents is 1. The molecule has 152 valence electrons. The lowest BCUT2D eigenvalue weighted by Gasteiger charge is -2.20. The highest BCUT2D eigenvalue weighted by molar-refractivity contribution is 7.89. The van der Waals surface area contributed by atoms with E-state index in [1.165, 1.54) is 29.6 Å². The van der Waals surface area contributed by atoms with Gasteiger partial charge in [-0.15, -0.1) is 0 Å². The molecule has 1 amide bonds. The Hall–Kier alpha value is -2.58. The van der Waals surface area contributed by atoms with E-state index in [1.54, 1.807) is 32.0 Å². The summed E-state index contributed by atoms with van der Waals surface area (Å²) < 4.78 is 32.2. The van der Waals surface area contributed by atoms with Crippen molar-refractivity contribution in [3.05, 3.63) is 53.6 Å². The van der Waals surface area contributed by atoms with Gasteiger partial charge in [-0.2, -0.15) is 4.31 Å². The van der Waals surface area contributed by atoms with Gasteiger partial charge in [-0.25, -0.2) is 8.42 Å². The maximum atomic E-state index is 12.9. The molecular weight excluding hydrogens is 380 g/mol. The molecule has 0 spiro atoms. The van der Waals surface area contributed by atoms with Crippen molar-refractivity contribution in [1.29, 1.82) is 0 Å². The third kappa shape index (κ3) is 5.02. The van der Waals surface area contributed by atoms with Crippen LogP contribution >= 0.6 is 0 Å². The molecule has 0 aliphatic heterocycles. The van der Waals surface area contributed by atoms with Gasteiger partial charge in [0.2, 0.25) is 10.0 Å². The number of phenols is 1. The third-order valence-electron chi connectivity index (χ3n) is 4.36. The number of sulfonamides is 1. The largest absolute Gasteiger partial charge is 0.508 e. The fraction of sp³-hybridized carbons (Fsp3) is 0.350. The zero-order valence-corrected chi connectivity index (χ0v) is 17.1. The van der Waals surface area contributed by atoms with Crippen molar-refractivity contribution in [2.45, 2.75) is 25.2 Å². The Bertz CT molecular complexity index is 924. The van der Waals surface area contributed by atoms with E-state index in [4.69, 9.17) is 4.74 Å². The highest BCUT2D eigenvalue weighted by Gasteiger charge is 2.26. The van der Waals surface area contributed by atoms with Gasteiger partial charge >= 0.3 is 0 Å². The van der Waals surface area contributed by atoms with Crippen LogP contribution in [0.3, 0.4) is 0 Å². The highest BCUT2D eigenvalue weighted by atomic mass is 32.2. The lowest BCUT2D eigenvalue weighted by molar-refractivity contribution is 0.0954. The lowest BCUT2D eigenvalue weighted by Crippen LogP contribution is -2.31. The molecule has 2 rings (SSSR count). The summed E-state index contributed by atoms with van der Waals surface area (Å²) in [5.41, 5.74) is 1.13. The molecule has 0 atom stereocenters.